The highest BCUT2D eigenvalue weighted by molar-refractivity contribution is 7.46. The number of hydrogen-bond acceptors (Lipinski definition) is 19. The normalized spacial score (nSPS) is 17.0. The average Bonchev–Trinajstić information content (AvgIpc) is 1.39. The number of methoxy groups -OCH3 is 2. The van der Waals surface area contributed by atoms with Crippen LogP contribution in [0, 0.1) is 53.1 Å². The molecule has 0 spiro atoms. The van der Waals surface area contributed by atoms with E-state index in [9.17, 15) is 52.2 Å². The van der Waals surface area contributed by atoms with Gasteiger partial charge in [0, 0.05) is 97.4 Å². The van der Waals surface area contributed by atoms with Crippen LogP contribution in [-0.4, -0.2) is 194 Å². The smallest absolute Gasteiger partial charge is 0.480 e. The van der Waals surface area contributed by atoms with Gasteiger partial charge in [0.05, 0.1) is 87.3 Å². The maximum Gasteiger partial charge on any atom is 0.524 e. The first kappa shape index (κ1) is 84.4. The molecule has 6 atom stereocenters. The Kier molecular flexibility index (Phi) is 26.6. The van der Waals surface area contributed by atoms with Gasteiger partial charge in [-0.2, -0.15) is 40.2 Å². The van der Waals surface area contributed by atoms with Gasteiger partial charge in [-0.1, -0.05) is 57.7 Å². The predicted octanol–water partition coefficient (Wildman–Crippen LogP) is 9.34. The summed E-state index contributed by atoms with van der Waals surface area (Å²) >= 11 is 0. The Labute approximate surface area is 614 Å². The molecule has 5 aromatic rings. The molecule has 3 aliphatic rings. The van der Waals surface area contributed by atoms with Gasteiger partial charge in [0.25, 0.3) is 0 Å². The minimum absolute atomic E-state index is 0.101. The van der Waals surface area contributed by atoms with Crippen LogP contribution in [0.15, 0.2) is 73.2 Å². The fourth-order valence-corrected chi connectivity index (χ4v) is 13.8. The number of nitrogens with zero attached hydrogens (tertiary/aromatic N) is 8. The number of ether oxygens (including phenoxy) is 4. The molecule has 3 fully saturated rings. The summed E-state index contributed by atoms with van der Waals surface area (Å²) in [5.41, 5.74) is -7.33. The summed E-state index contributed by atoms with van der Waals surface area (Å²) in [6.07, 6.45) is -13.4. The van der Waals surface area contributed by atoms with Gasteiger partial charge in [-0.15, -0.1) is 0 Å². The average molecular weight is 1550 g/mol. The Balaban J connectivity index is 1.27. The highest BCUT2D eigenvalue weighted by atomic mass is 31.2. The van der Waals surface area contributed by atoms with Crippen LogP contribution >= 0.6 is 7.82 Å². The second-order valence-corrected chi connectivity index (χ2v) is 29.8. The number of anilines is 1. The molecule has 8 rings (SSSR count). The number of nitrogens with one attached hydrogen (secondary N) is 2. The zero-order valence-corrected chi connectivity index (χ0v) is 61.3. The number of esters is 2. The number of Topliss-reactive ketones (excluding diaryl/α,β-unsaturated/α-hetero) is 1. The lowest BCUT2D eigenvalue weighted by atomic mass is 9.75. The second-order valence-electron chi connectivity index (χ2n) is 28.6. The predicted molar refractivity (Wildman–Crippen MR) is 364 cm³/mol. The molecule has 3 amide bonds. The highest BCUT2D eigenvalue weighted by Gasteiger charge is 2.57. The van der Waals surface area contributed by atoms with E-state index in [1.165, 1.54) is 51.1 Å². The van der Waals surface area contributed by atoms with E-state index in [2.05, 4.69) is 51.6 Å². The van der Waals surface area contributed by atoms with Crippen LogP contribution in [0.3, 0.4) is 0 Å². The number of aryl methyl sites for hydroxylation is 1. The number of carbonyl (C=O) groups excluding carboxylic acids is 6. The number of alkyl halides is 8. The lowest BCUT2D eigenvalue weighted by molar-refractivity contribution is -0.231. The number of alkyl carbamates (subject to hydrolysis) is 1. The molecular weight excluding hydrogens is 1470 g/mol. The molecule has 0 aliphatic carbocycles. The molecule has 5 heterocycles. The number of likely N-dealkylation sites (N-methyl/N-ethyl adjacent to an activating group) is 1. The van der Waals surface area contributed by atoms with Gasteiger partial charge in [0.15, 0.2) is 5.78 Å². The molecule has 0 radical (unpaired) electrons. The van der Waals surface area contributed by atoms with Crippen LogP contribution in [0.5, 0.6) is 5.75 Å². The number of amides is 3. The molecule has 3 saturated heterocycles. The topological polar surface area (TPSA) is 324 Å². The molecule has 3 aromatic carbocycles. The van der Waals surface area contributed by atoms with Gasteiger partial charge < -0.3 is 43.7 Å². The molecule has 5 N–H and O–H groups in total. The molecule has 3 aliphatic heterocycles. The van der Waals surface area contributed by atoms with Crippen molar-refractivity contribution < 1.29 is 120 Å². The summed E-state index contributed by atoms with van der Waals surface area (Å²) < 4.78 is 191. The number of carboxylic acid groups (broad SMARTS) is 1. The number of benzene rings is 3. The Morgan fingerprint density at radius 2 is 1.40 bits per heavy atom. The van der Waals surface area contributed by atoms with E-state index in [1.807, 2.05) is 5.32 Å². The van der Waals surface area contributed by atoms with Gasteiger partial charge >= 0.3 is 50.7 Å². The number of aliphatic carboxylic acids is 1. The third-order valence-corrected chi connectivity index (χ3v) is 20.0. The van der Waals surface area contributed by atoms with Crippen LogP contribution in [0.2, 0.25) is 0 Å². The number of rotatable bonds is 31. The van der Waals surface area contributed by atoms with Crippen LogP contribution < -0.4 is 20.2 Å². The first-order chi connectivity index (χ1) is 50.3. The Morgan fingerprint density at radius 3 is 1.93 bits per heavy atom. The molecule has 2 unspecified atom stereocenters. The zero-order valence-electron chi connectivity index (χ0n) is 60.4. The third-order valence-electron chi connectivity index (χ3n) is 19.5. The number of hydrazine groups is 1. The number of piperazine rings is 1. The largest absolute Gasteiger partial charge is 0.524 e. The second kappa shape index (κ2) is 34.1. The van der Waals surface area contributed by atoms with Gasteiger partial charge in [-0.25, -0.2) is 37.8 Å². The van der Waals surface area contributed by atoms with E-state index in [1.54, 1.807) is 12.4 Å². The number of phosphoric acid groups is 1. The molecule has 588 valence electrons. The molecule has 0 saturated carbocycles. The fourth-order valence-electron chi connectivity index (χ4n) is 13.4. The van der Waals surface area contributed by atoms with Crippen molar-refractivity contribution in [3.63, 3.8) is 0 Å². The number of aromatic nitrogens is 4. The quantitative estimate of drug-likeness (QED) is 0.00688. The van der Waals surface area contributed by atoms with Gasteiger partial charge in [-0.3, -0.25) is 48.9 Å². The van der Waals surface area contributed by atoms with Crippen LogP contribution in [0.25, 0.3) is 11.3 Å². The fraction of sp³-hybridized carbons (Fsp3) is 0.521. The summed E-state index contributed by atoms with van der Waals surface area (Å²) in [6.45, 7) is 2.35. The van der Waals surface area contributed by atoms with Gasteiger partial charge in [-0.05, 0) is 93.1 Å². The molecular formula is C71H83F10N10O16P. The third kappa shape index (κ3) is 20.9. The van der Waals surface area contributed by atoms with Crippen molar-refractivity contribution in [3.05, 3.63) is 124 Å². The maximum atomic E-state index is 16.9. The molecule has 2 bridgehead atoms. The van der Waals surface area contributed by atoms with Crippen LogP contribution in [-0.2, 0) is 77.1 Å². The lowest BCUT2D eigenvalue weighted by Gasteiger charge is -2.47. The SMILES string of the molecule is COC(=O)C[C@H](C(=O)NN(Cc1c(F)cc(-c2ccn(C(F)F)n2)cc1F)C[C@H](OC(=O)CC(C)(C)c1c(CC(=O)N(C)CC(=O)O)cc(C)cc1OP(=O)(O)O)[C@@H](CC(=O)[C@@H](NC(=O)OC)C(C)(C)C(F)(F)F)Cc1ccc(C#Cc2cnc(N3CC4CCC(C3)N4C3COC3)nc2)cc1)C(C)(C)C(F)(F)F. The first-order valence-electron chi connectivity index (χ1n) is 33.8. The number of carboxylic acids is 1. The van der Waals surface area contributed by atoms with Crippen molar-refractivity contribution in [2.45, 2.75) is 155 Å². The van der Waals surface area contributed by atoms with Crippen molar-refractivity contribution >= 4 is 55.4 Å². The van der Waals surface area contributed by atoms with Gasteiger partial charge in [0.1, 0.15) is 36.1 Å². The van der Waals surface area contributed by atoms with E-state index in [0.29, 0.717) is 106 Å². The van der Waals surface area contributed by atoms with E-state index >= 15 is 44.7 Å². The number of carbonyl (C=O) groups is 7. The molecule has 37 heteroatoms. The zero-order chi connectivity index (χ0) is 79.9. The van der Waals surface area contributed by atoms with Crippen molar-refractivity contribution in [3.8, 4) is 28.8 Å². The van der Waals surface area contributed by atoms with Crippen molar-refractivity contribution in [2.24, 2.45) is 22.7 Å². The van der Waals surface area contributed by atoms with Crippen LogP contribution in [0.4, 0.5) is 54.6 Å². The molecule has 108 heavy (non-hydrogen) atoms. The van der Waals surface area contributed by atoms with Crippen molar-refractivity contribution in [1.29, 1.82) is 0 Å². The summed E-state index contributed by atoms with van der Waals surface area (Å²) in [4.78, 5) is 132. The summed E-state index contributed by atoms with van der Waals surface area (Å²) in [5, 5.41) is 15.6. The van der Waals surface area contributed by atoms with Crippen LogP contribution in [0.1, 0.15) is 119 Å². The first-order valence-corrected chi connectivity index (χ1v) is 35.3. The van der Waals surface area contributed by atoms with Crippen molar-refractivity contribution in [2.75, 3.05) is 65.6 Å². The standard InChI is InChI=1S/C71H83F10N10O16P/c1-39-21-45(27-57(93)87(8)36-58(94)95)61(55(22-39)107-108(100,101)102)67(2,3)29-60(97)106-56(35-89(86-63(98)50(28-59(96)103-9)68(4,5)70(76,77)78)34-49-51(72)24-43(25-52(49)73)53-19-20-90(85-53)64(74)75)44(26-54(92)62(84-66(99)104-10)69(6,7)71(79,80)81)23-41-14-11-40(12-15-41)13-16-42-30-82-65(83-31-42)88-32-46-17-18-47(33-88)91(46)48-37-105-38-48/h11-12,14-15,19-22,24-25,30-31,44,46-48,50,56,62,64H,17-18,23,26-29,32-38H2,1-10H3,(H,84,99)(H,86,98)(H,94,95)(H2,100,101,102)/t44-,46?,47?,50-,56+,62-/m1/s1. The van der Waals surface area contributed by atoms with Gasteiger partial charge in [0.2, 0.25) is 17.8 Å². The Morgan fingerprint density at radius 1 is 0.796 bits per heavy atom. The number of phosphoric ester groups is 1. The lowest BCUT2D eigenvalue weighted by Crippen LogP contribution is -2.62. The Bertz CT molecular complexity index is 4200. The molecule has 2 aromatic heterocycles. The number of fused-ring (bicyclic) bond motifs is 2. The summed E-state index contributed by atoms with van der Waals surface area (Å²) in [5.74, 6) is -9.86. The van der Waals surface area contributed by atoms with E-state index in [4.69, 9.17) is 14.0 Å². The number of hydrogen-bond donors (Lipinski definition) is 5. The van der Waals surface area contributed by atoms with Crippen molar-refractivity contribution in [1.82, 2.24) is 45.3 Å². The summed E-state index contributed by atoms with van der Waals surface area (Å²) in [7, 11) is -2.87. The van der Waals surface area contributed by atoms with E-state index in [0.717, 1.165) is 57.3 Å². The minimum atomic E-state index is -5.57. The monoisotopic (exact) mass is 1550 g/mol. The Hall–Kier alpha value is -9.27. The summed E-state index contributed by atoms with van der Waals surface area (Å²) in [6, 6.07) is 8.88. The van der Waals surface area contributed by atoms with E-state index in [-0.39, 0.29) is 26.9 Å². The number of ketones is 1. The maximum absolute atomic E-state index is 16.9. The van der Waals surface area contributed by atoms with E-state index < -0.39 is 194 Å². The minimum Gasteiger partial charge on any atom is -0.480 e. The molecule has 26 nitrogen and oxygen atoms in total. The highest BCUT2D eigenvalue weighted by Crippen LogP contribution is 2.48. The number of halogens is 10.